The molecule has 0 aromatic heterocycles. The van der Waals surface area contributed by atoms with Crippen molar-refractivity contribution >= 4 is 19.8 Å². The van der Waals surface area contributed by atoms with Crippen LogP contribution in [0.15, 0.2) is 24.3 Å². The maximum atomic E-state index is 12.9. The lowest BCUT2D eigenvalue weighted by Gasteiger charge is -2.24. The second-order valence-electron chi connectivity index (χ2n) is 28.1. The number of esters is 2. The molecule has 10 heteroatoms. The first kappa shape index (κ1) is 86.5. The zero-order valence-corrected chi connectivity index (χ0v) is 60.6. The van der Waals surface area contributed by atoms with Crippen molar-refractivity contribution < 1.29 is 42.1 Å². The molecule has 2 unspecified atom stereocenters. The molecule has 1 N–H and O–H groups in total. The fraction of sp³-hybridized carbons (Fsp3) is 0.923. The van der Waals surface area contributed by atoms with E-state index >= 15 is 0 Å². The summed E-state index contributed by atoms with van der Waals surface area (Å²) in [6.07, 6.45) is 89.0. The number of phosphoric ester groups is 1. The summed E-state index contributed by atoms with van der Waals surface area (Å²) in [6, 6.07) is 0. The van der Waals surface area contributed by atoms with Crippen LogP contribution in [0.2, 0.25) is 0 Å². The van der Waals surface area contributed by atoms with Crippen molar-refractivity contribution in [2.75, 3.05) is 47.5 Å². The van der Waals surface area contributed by atoms with Gasteiger partial charge in [-0.05, 0) is 44.9 Å². The Morgan fingerprint density at radius 1 is 0.352 bits per heavy atom. The van der Waals surface area contributed by atoms with Gasteiger partial charge in [0.2, 0.25) is 0 Å². The van der Waals surface area contributed by atoms with Crippen LogP contribution >= 0.6 is 7.82 Å². The third kappa shape index (κ3) is 73.5. The van der Waals surface area contributed by atoms with Crippen LogP contribution in [-0.4, -0.2) is 74.9 Å². The molecule has 0 spiro atoms. The smallest absolute Gasteiger partial charge is 0.462 e. The van der Waals surface area contributed by atoms with E-state index in [-0.39, 0.29) is 25.6 Å². The molecule has 0 aliphatic carbocycles. The van der Waals surface area contributed by atoms with Crippen LogP contribution in [0, 0.1) is 0 Å². The molecule has 0 heterocycles. The summed E-state index contributed by atoms with van der Waals surface area (Å²) in [7, 11) is 1.51. The quantitative estimate of drug-likeness (QED) is 0.0211. The second kappa shape index (κ2) is 69.8. The number of ether oxygens (including phenoxy) is 2. The normalized spacial score (nSPS) is 13.1. The minimum Gasteiger partial charge on any atom is -0.462 e. The van der Waals surface area contributed by atoms with Gasteiger partial charge in [-0.15, -0.1) is 0 Å². The third-order valence-corrected chi connectivity index (χ3v) is 19.0. The zero-order valence-electron chi connectivity index (χ0n) is 59.8. The van der Waals surface area contributed by atoms with Gasteiger partial charge in [0.1, 0.15) is 19.8 Å². The number of hydrogen-bond acceptors (Lipinski definition) is 7. The van der Waals surface area contributed by atoms with Gasteiger partial charge in [0.05, 0.1) is 27.7 Å². The Labute approximate surface area is 549 Å². The molecule has 0 radical (unpaired) electrons. The van der Waals surface area contributed by atoms with Crippen LogP contribution in [0.5, 0.6) is 0 Å². The predicted octanol–water partition coefficient (Wildman–Crippen LogP) is 25.6. The van der Waals surface area contributed by atoms with E-state index in [1.807, 2.05) is 21.1 Å². The topological polar surface area (TPSA) is 108 Å². The standard InChI is InChI=1S/C78H152NO8P/c1-6-8-10-12-14-16-18-20-22-24-26-28-30-31-32-33-34-35-36-37-38-39-40-41-42-43-44-45-46-47-49-51-53-55-57-59-61-63-65-67-69-71-78(81)87-76(75-86-88(82,83)85-73-72-79(3,4)5)74-84-77(80)70-68-66-64-62-60-58-56-54-52-50-48-29-27-25-23-21-19-17-15-13-11-9-7-2/h18,20,24,26,76H,6-17,19,21-23,25,27-75H2,1-5H3/p+1/b20-18-,26-24-. The fourth-order valence-electron chi connectivity index (χ4n) is 12.0. The summed E-state index contributed by atoms with van der Waals surface area (Å²) in [5, 5.41) is 0. The average Bonchev–Trinajstić information content (AvgIpc) is 3.58. The van der Waals surface area contributed by atoms with E-state index in [0.29, 0.717) is 17.4 Å². The Balaban J connectivity index is 3.86. The lowest BCUT2D eigenvalue weighted by Crippen LogP contribution is -2.37. The molecule has 0 aromatic carbocycles. The highest BCUT2D eigenvalue weighted by Crippen LogP contribution is 2.43. The van der Waals surface area contributed by atoms with Gasteiger partial charge in [-0.25, -0.2) is 4.57 Å². The van der Waals surface area contributed by atoms with Gasteiger partial charge in [-0.2, -0.15) is 0 Å². The molecule has 0 saturated heterocycles. The number of allylic oxidation sites excluding steroid dienone is 4. The van der Waals surface area contributed by atoms with E-state index in [1.54, 1.807) is 0 Å². The first-order chi connectivity index (χ1) is 43.0. The number of likely N-dealkylation sites (N-methyl/N-ethyl adjacent to an activating group) is 1. The monoisotopic (exact) mass is 1260 g/mol. The Bertz CT molecular complexity index is 1530. The van der Waals surface area contributed by atoms with Gasteiger partial charge < -0.3 is 18.9 Å². The molecular formula is C78H153NO8P+. The van der Waals surface area contributed by atoms with Crippen LogP contribution in [0.1, 0.15) is 412 Å². The van der Waals surface area contributed by atoms with Crippen LogP contribution in [0.3, 0.4) is 0 Å². The zero-order chi connectivity index (χ0) is 64.1. The molecule has 0 bridgehead atoms. The second-order valence-corrected chi connectivity index (χ2v) is 29.6. The summed E-state index contributed by atoms with van der Waals surface area (Å²) >= 11 is 0. The van der Waals surface area contributed by atoms with Gasteiger partial charge in [0, 0.05) is 12.8 Å². The van der Waals surface area contributed by atoms with Crippen molar-refractivity contribution in [3.05, 3.63) is 24.3 Å². The third-order valence-electron chi connectivity index (χ3n) is 18.0. The number of rotatable bonds is 74. The largest absolute Gasteiger partial charge is 0.472 e. The van der Waals surface area contributed by atoms with E-state index in [0.717, 1.165) is 44.9 Å². The number of quaternary nitrogens is 1. The summed E-state index contributed by atoms with van der Waals surface area (Å²) in [4.78, 5) is 35.9. The molecule has 0 saturated carbocycles. The van der Waals surface area contributed by atoms with Crippen LogP contribution in [0.4, 0.5) is 0 Å². The van der Waals surface area contributed by atoms with E-state index in [9.17, 15) is 19.0 Å². The molecule has 88 heavy (non-hydrogen) atoms. The Morgan fingerprint density at radius 2 is 0.614 bits per heavy atom. The molecule has 0 aliphatic rings. The molecule has 0 rings (SSSR count). The Kier molecular flexibility index (Phi) is 68.6. The fourth-order valence-corrected chi connectivity index (χ4v) is 12.7. The minimum absolute atomic E-state index is 0.0366. The van der Waals surface area contributed by atoms with E-state index in [4.69, 9.17) is 18.5 Å². The predicted molar refractivity (Wildman–Crippen MR) is 381 cm³/mol. The number of hydrogen-bond donors (Lipinski definition) is 1. The van der Waals surface area contributed by atoms with Crippen molar-refractivity contribution in [1.82, 2.24) is 0 Å². The summed E-state index contributed by atoms with van der Waals surface area (Å²) in [5.74, 6) is -0.769. The van der Waals surface area contributed by atoms with Gasteiger partial charge in [0.15, 0.2) is 6.10 Å². The number of carbonyl (C=O) groups excluding carboxylic acids is 2. The van der Waals surface area contributed by atoms with Gasteiger partial charge >= 0.3 is 19.8 Å². The molecule has 0 aromatic rings. The highest BCUT2D eigenvalue weighted by atomic mass is 31.2. The molecular weight excluding hydrogens is 1110 g/mol. The molecule has 0 aliphatic heterocycles. The van der Waals surface area contributed by atoms with Gasteiger partial charge in [-0.1, -0.05) is 378 Å². The van der Waals surface area contributed by atoms with Crippen LogP contribution in [0.25, 0.3) is 0 Å². The van der Waals surface area contributed by atoms with Gasteiger partial charge in [-0.3, -0.25) is 18.6 Å². The number of unbranched alkanes of at least 4 members (excludes halogenated alkanes) is 56. The van der Waals surface area contributed by atoms with Crippen molar-refractivity contribution in [3.8, 4) is 0 Å². The lowest BCUT2D eigenvalue weighted by molar-refractivity contribution is -0.870. The van der Waals surface area contributed by atoms with Crippen molar-refractivity contribution in [2.24, 2.45) is 0 Å². The first-order valence-electron chi connectivity index (χ1n) is 39.1. The van der Waals surface area contributed by atoms with E-state index in [2.05, 4.69) is 38.2 Å². The van der Waals surface area contributed by atoms with Crippen LogP contribution < -0.4 is 0 Å². The van der Waals surface area contributed by atoms with Crippen molar-refractivity contribution in [3.63, 3.8) is 0 Å². The summed E-state index contributed by atoms with van der Waals surface area (Å²) in [5.41, 5.74) is 0. The molecule has 9 nitrogen and oxygen atoms in total. The SMILES string of the molecule is CCCCCCC/C=C\C/C=C\CCCCCCCCCCCCCCCCCCCCCCCCCCCCCCCC(=O)OC(COC(=O)CCCCCCCCCCCCCCCCCCCCCCCCC)COP(=O)(O)OCC[N+](C)(C)C. The highest BCUT2D eigenvalue weighted by molar-refractivity contribution is 7.47. The lowest BCUT2D eigenvalue weighted by atomic mass is 10.0. The Hall–Kier alpha value is -1.51. The van der Waals surface area contributed by atoms with E-state index < -0.39 is 26.5 Å². The minimum atomic E-state index is -4.39. The number of nitrogens with zero attached hydrogens (tertiary/aromatic N) is 1. The first-order valence-corrected chi connectivity index (χ1v) is 40.6. The highest BCUT2D eigenvalue weighted by Gasteiger charge is 2.27. The average molecular weight is 1260 g/mol. The van der Waals surface area contributed by atoms with Crippen molar-refractivity contribution in [2.45, 2.75) is 418 Å². The van der Waals surface area contributed by atoms with Gasteiger partial charge in [0.25, 0.3) is 0 Å². The Morgan fingerprint density at radius 3 is 0.898 bits per heavy atom. The molecule has 522 valence electrons. The number of phosphoric acid groups is 1. The molecule has 0 fully saturated rings. The molecule has 2 atom stereocenters. The maximum absolute atomic E-state index is 12.9. The maximum Gasteiger partial charge on any atom is 0.472 e. The summed E-state index contributed by atoms with van der Waals surface area (Å²) in [6.45, 7) is 4.51. The van der Waals surface area contributed by atoms with E-state index in [1.165, 1.54) is 340 Å². The van der Waals surface area contributed by atoms with Crippen LogP contribution in [-0.2, 0) is 32.7 Å². The number of carbonyl (C=O) groups is 2. The molecule has 0 amide bonds. The summed E-state index contributed by atoms with van der Waals surface area (Å²) < 4.78 is 34.8. The van der Waals surface area contributed by atoms with Crippen molar-refractivity contribution in [1.29, 1.82) is 0 Å².